The molecule has 1 atom stereocenters. The van der Waals surface area contributed by atoms with E-state index in [1.807, 2.05) is 42.9 Å². The Morgan fingerprint density at radius 3 is 2.76 bits per heavy atom. The summed E-state index contributed by atoms with van der Waals surface area (Å²) in [4.78, 5) is 32.8. The minimum absolute atomic E-state index is 0.0931. The fraction of sp³-hybridized carbons (Fsp3) is 0.160. The van der Waals surface area contributed by atoms with Crippen LogP contribution in [0.25, 0.3) is 21.3 Å². The van der Waals surface area contributed by atoms with Gasteiger partial charge in [-0.1, -0.05) is 18.2 Å². The van der Waals surface area contributed by atoms with E-state index in [2.05, 4.69) is 10.3 Å². The Morgan fingerprint density at radius 2 is 1.97 bits per heavy atom. The molecule has 5 rings (SSSR count). The molecule has 1 N–H and O–H groups in total. The fourth-order valence-corrected chi connectivity index (χ4v) is 4.88. The number of fused-ring (bicyclic) bond motifs is 1. The van der Waals surface area contributed by atoms with Crippen molar-refractivity contribution >= 4 is 34.1 Å². The number of nitrogens with one attached hydrogen (secondary N) is 1. The summed E-state index contributed by atoms with van der Waals surface area (Å²) in [6, 6.07) is 13.4. The molecule has 1 aliphatic heterocycles. The maximum atomic E-state index is 13.4. The molecule has 9 heteroatoms. The van der Waals surface area contributed by atoms with Crippen LogP contribution in [0.3, 0.4) is 0 Å². The maximum Gasteiger partial charge on any atom is 0.281 e. The van der Waals surface area contributed by atoms with Crippen LogP contribution < -0.4 is 5.32 Å². The number of carbonyl (C=O) groups is 2. The van der Waals surface area contributed by atoms with Crippen molar-refractivity contribution in [3.05, 3.63) is 89.3 Å². The summed E-state index contributed by atoms with van der Waals surface area (Å²) in [6.07, 6.45) is 4.14. The van der Waals surface area contributed by atoms with E-state index in [9.17, 15) is 14.0 Å². The van der Waals surface area contributed by atoms with E-state index in [0.717, 1.165) is 10.9 Å². The molecular weight excluding hydrogens is 455 g/mol. The summed E-state index contributed by atoms with van der Waals surface area (Å²) >= 11 is 1.36. The quantitative estimate of drug-likeness (QED) is 0.462. The molecule has 0 saturated carbocycles. The van der Waals surface area contributed by atoms with Crippen LogP contribution >= 0.6 is 11.3 Å². The van der Waals surface area contributed by atoms with Crippen molar-refractivity contribution in [2.24, 2.45) is 7.05 Å². The molecule has 0 radical (unpaired) electrons. The number of halogens is 1. The van der Waals surface area contributed by atoms with Crippen molar-refractivity contribution in [3.63, 3.8) is 0 Å². The van der Waals surface area contributed by atoms with Crippen LogP contribution in [0.2, 0.25) is 0 Å². The molecule has 4 aromatic rings. The number of hydrogen-bond donors (Lipinski definition) is 1. The summed E-state index contributed by atoms with van der Waals surface area (Å²) in [5.74, 6) is -0.964. The van der Waals surface area contributed by atoms with E-state index in [1.54, 1.807) is 18.2 Å². The lowest BCUT2D eigenvalue weighted by molar-refractivity contribution is 0.0396. The fourth-order valence-electron chi connectivity index (χ4n) is 3.96. The lowest BCUT2D eigenvalue weighted by Gasteiger charge is -2.22. The van der Waals surface area contributed by atoms with Gasteiger partial charge < -0.3 is 14.6 Å². The first-order valence-corrected chi connectivity index (χ1v) is 11.4. The van der Waals surface area contributed by atoms with Crippen LogP contribution in [0, 0.1) is 12.7 Å². The van der Waals surface area contributed by atoms with E-state index in [4.69, 9.17) is 4.74 Å². The minimum Gasteiger partial charge on any atom is -0.474 e. The highest BCUT2D eigenvalue weighted by atomic mass is 32.1. The van der Waals surface area contributed by atoms with Crippen molar-refractivity contribution in [1.82, 2.24) is 19.8 Å². The average molecular weight is 477 g/mol. The van der Waals surface area contributed by atoms with Crippen LogP contribution in [0.5, 0.6) is 0 Å². The lowest BCUT2D eigenvalue weighted by atomic mass is 10.1. The van der Waals surface area contributed by atoms with Crippen molar-refractivity contribution in [2.45, 2.75) is 13.2 Å². The predicted molar refractivity (Wildman–Crippen MR) is 128 cm³/mol. The van der Waals surface area contributed by atoms with Crippen molar-refractivity contribution in [3.8, 4) is 10.4 Å². The molecule has 172 valence electrons. The first-order chi connectivity index (χ1) is 16.4. The second kappa shape index (κ2) is 8.75. The van der Waals surface area contributed by atoms with E-state index in [-0.39, 0.29) is 29.9 Å². The van der Waals surface area contributed by atoms with Gasteiger partial charge in [0.2, 0.25) is 0 Å². The van der Waals surface area contributed by atoms with Gasteiger partial charge in [0.25, 0.3) is 11.8 Å². The molecule has 3 heterocycles. The van der Waals surface area contributed by atoms with Gasteiger partial charge in [0.05, 0.1) is 16.4 Å². The number of thiazole rings is 1. The van der Waals surface area contributed by atoms with Gasteiger partial charge in [0, 0.05) is 35.9 Å². The van der Waals surface area contributed by atoms with Gasteiger partial charge in [-0.2, -0.15) is 0 Å². The Bertz CT molecular complexity index is 1420. The second-order valence-electron chi connectivity index (χ2n) is 7.88. The van der Waals surface area contributed by atoms with E-state index in [0.29, 0.717) is 21.0 Å². The van der Waals surface area contributed by atoms with Gasteiger partial charge in [-0.15, -0.1) is 11.3 Å². The van der Waals surface area contributed by atoms with E-state index < -0.39 is 6.23 Å². The first kappa shape index (κ1) is 21.8. The zero-order valence-corrected chi connectivity index (χ0v) is 19.3. The van der Waals surface area contributed by atoms with Crippen LogP contribution in [0.1, 0.15) is 25.9 Å². The Hall–Kier alpha value is -3.98. The molecule has 2 amide bonds. The molecule has 0 fully saturated rings. The van der Waals surface area contributed by atoms with Crippen LogP contribution in [-0.4, -0.2) is 39.0 Å². The highest BCUT2D eigenvalue weighted by Crippen LogP contribution is 2.32. The summed E-state index contributed by atoms with van der Waals surface area (Å²) in [5, 5.41) is 4.43. The van der Waals surface area contributed by atoms with Gasteiger partial charge in [0.1, 0.15) is 17.8 Å². The smallest absolute Gasteiger partial charge is 0.281 e. The number of rotatable bonds is 5. The molecule has 34 heavy (non-hydrogen) atoms. The zero-order chi connectivity index (χ0) is 23.8. The topological polar surface area (TPSA) is 76.5 Å². The SMILES string of the molecule is Cc1nc(C(=O)N2C=COC2CNC(=O)c2cccc3c2ccn3C)c(-c2ccc(F)cc2)s1. The molecule has 0 aliphatic carbocycles. The lowest BCUT2D eigenvalue weighted by Crippen LogP contribution is -2.43. The largest absolute Gasteiger partial charge is 0.474 e. The normalized spacial score (nSPS) is 15.0. The molecule has 0 spiro atoms. The van der Waals surface area contributed by atoms with Crippen LogP contribution in [0.15, 0.2) is 67.2 Å². The first-order valence-electron chi connectivity index (χ1n) is 10.6. The number of hydrogen-bond acceptors (Lipinski definition) is 5. The standard InChI is InChI=1S/C25H21FN4O3S/c1-15-28-22(23(34-15)16-6-8-17(26)9-7-16)25(32)30-12-13-33-21(30)14-27-24(31)19-4-3-5-20-18(19)10-11-29(20)2/h3-13,21H,14H2,1-2H3,(H,27,31). The van der Waals surface area contributed by atoms with Gasteiger partial charge >= 0.3 is 0 Å². The van der Waals surface area contributed by atoms with Crippen molar-refractivity contribution in [2.75, 3.05) is 6.54 Å². The Morgan fingerprint density at radius 1 is 1.18 bits per heavy atom. The molecular formula is C25H21FN4O3S. The summed E-state index contributed by atoms with van der Waals surface area (Å²) in [5.41, 5.74) is 2.47. The molecule has 2 aromatic carbocycles. The predicted octanol–water partition coefficient (Wildman–Crippen LogP) is 4.45. The molecule has 0 saturated heterocycles. The zero-order valence-electron chi connectivity index (χ0n) is 18.5. The molecule has 1 unspecified atom stereocenters. The third-order valence-electron chi connectivity index (χ3n) is 5.65. The van der Waals surface area contributed by atoms with Gasteiger partial charge in [-0.05, 0) is 42.8 Å². The highest BCUT2D eigenvalue weighted by molar-refractivity contribution is 7.15. The Kier molecular flexibility index (Phi) is 5.62. The minimum atomic E-state index is -0.713. The number of benzene rings is 2. The Balaban J connectivity index is 1.33. The number of ether oxygens (including phenoxy) is 1. The number of aryl methyl sites for hydroxylation is 2. The number of carbonyl (C=O) groups excluding carboxylic acids is 2. The number of nitrogens with zero attached hydrogens (tertiary/aromatic N) is 3. The number of amides is 2. The summed E-state index contributed by atoms with van der Waals surface area (Å²) in [7, 11) is 1.92. The van der Waals surface area contributed by atoms with E-state index in [1.165, 1.54) is 40.8 Å². The van der Waals surface area contributed by atoms with Gasteiger partial charge in [0.15, 0.2) is 6.23 Å². The van der Waals surface area contributed by atoms with Crippen LogP contribution in [0.4, 0.5) is 4.39 Å². The Labute approximate surface area is 199 Å². The third-order valence-corrected chi connectivity index (χ3v) is 6.67. The average Bonchev–Trinajstić information content (AvgIpc) is 3.56. The number of aromatic nitrogens is 2. The van der Waals surface area contributed by atoms with Gasteiger partial charge in [-0.3, -0.25) is 14.5 Å². The van der Waals surface area contributed by atoms with Gasteiger partial charge in [-0.25, -0.2) is 9.37 Å². The van der Waals surface area contributed by atoms with Crippen molar-refractivity contribution < 1.29 is 18.7 Å². The third kappa shape index (κ3) is 3.94. The highest BCUT2D eigenvalue weighted by Gasteiger charge is 2.31. The second-order valence-corrected chi connectivity index (χ2v) is 9.08. The molecule has 1 aliphatic rings. The monoisotopic (exact) mass is 476 g/mol. The maximum absolute atomic E-state index is 13.4. The molecule has 2 aromatic heterocycles. The van der Waals surface area contributed by atoms with Crippen molar-refractivity contribution in [1.29, 1.82) is 0 Å². The van der Waals surface area contributed by atoms with Crippen LogP contribution in [-0.2, 0) is 11.8 Å². The summed E-state index contributed by atoms with van der Waals surface area (Å²) in [6.45, 7) is 1.91. The molecule has 7 nitrogen and oxygen atoms in total. The summed E-state index contributed by atoms with van der Waals surface area (Å²) < 4.78 is 20.9. The van der Waals surface area contributed by atoms with E-state index >= 15 is 0 Å². The molecule has 0 bridgehead atoms.